The minimum Gasteiger partial charge on any atom is -0.316 e. The Kier molecular flexibility index (Phi) is 5.83. The summed E-state index contributed by atoms with van der Waals surface area (Å²) in [6, 6.07) is 0. The molecule has 19 heavy (non-hydrogen) atoms. The zero-order chi connectivity index (χ0) is 13.5. The van der Waals surface area contributed by atoms with Crippen LogP contribution in [-0.2, 0) is 6.54 Å². The van der Waals surface area contributed by atoms with Gasteiger partial charge in [0.1, 0.15) is 0 Å². The normalized spacial score (nSPS) is 23.7. The molecular weight excluding hydrogens is 236 g/mol. The zero-order valence-electron chi connectivity index (χ0n) is 12.4. The average molecular weight is 264 g/mol. The molecule has 1 aromatic heterocycles. The van der Waals surface area contributed by atoms with Crippen molar-refractivity contribution >= 4 is 0 Å². The first-order chi connectivity index (χ1) is 9.36. The number of aryl methyl sites for hydroxylation is 1. The predicted molar refractivity (Wildman–Crippen MR) is 78.2 cm³/mol. The largest absolute Gasteiger partial charge is 0.316 e. The van der Waals surface area contributed by atoms with Gasteiger partial charge >= 0.3 is 0 Å². The molecule has 2 unspecified atom stereocenters. The van der Waals surface area contributed by atoms with Gasteiger partial charge in [0.15, 0.2) is 0 Å². The van der Waals surface area contributed by atoms with Crippen molar-refractivity contribution in [1.82, 2.24) is 20.3 Å². The molecule has 1 aromatic rings. The van der Waals surface area contributed by atoms with E-state index in [-0.39, 0.29) is 0 Å². The third-order valence-corrected chi connectivity index (χ3v) is 4.21. The summed E-state index contributed by atoms with van der Waals surface area (Å²) in [5, 5.41) is 12.0. The molecule has 4 heteroatoms. The second-order valence-electron chi connectivity index (χ2n) is 5.74. The Balaban J connectivity index is 2.03. The van der Waals surface area contributed by atoms with Crippen molar-refractivity contribution in [1.29, 1.82) is 0 Å². The molecule has 1 fully saturated rings. The van der Waals surface area contributed by atoms with Gasteiger partial charge in [-0.25, -0.2) is 4.68 Å². The molecule has 0 spiro atoms. The Bertz CT molecular complexity index is 361. The Morgan fingerprint density at radius 2 is 2.11 bits per heavy atom. The maximum Gasteiger partial charge on any atom is 0.0728 e. The average Bonchev–Trinajstić information content (AvgIpc) is 2.88. The summed E-state index contributed by atoms with van der Waals surface area (Å²) in [5.41, 5.74) is 1.37. The van der Waals surface area contributed by atoms with E-state index in [9.17, 15) is 0 Å². The van der Waals surface area contributed by atoms with Gasteiger partial charge in [-0.15, -0.1) is 5.10 Å². The molecule has 0 aliphatic heterocycles. The van der Waals surface area contributed by atoms with Crippen molar-refractivity contribution in [2.24, 2.45) is 5.92 Å². The van der Waals surface area contributed by atoms with Crippen LogP contribution in [0.1, 0.15) is 64.0 Å². The third kappa shape index (κ3) is 3.78. The van der Waals surface area contributed by atoms with Gasteiger partial charge in [-0.3, -0.25) is 0 Å². The highest BCUT2D eigenvalue weighted by Crippen LogP contribution is 2.37. The first-order valence-electron chi connectivity index (χ1n) is 7.95. The van der Waals surface area contributed by atoms with Gasteiger partial charge in [-0.1, -0.05) is 31.9 Å². The molecule has 2 rings (SSSR count). The number of aromatic nitrogens is 3. The Hall–Kier alpha value is -0.900. The van der Waals surface area contributed by atoms with Crippen LogP contribution >= 0.6 is 0 Å². The van der Waals surface area contributed by atoms with Crippen molar-refractivity contribution in [2.75, 3.05) is 13.1 Å². The number of nitrogens with zero attached hydrogens (tertiary/aromatic N) is 3. The minimum absolute atomic E-state index is 0.652. The zero-order valence-corrected chi connectivity index (χ0v) is 12.4. The number of nitrogens with one attached hydrogen (secondary N) is 1. The van der Waals surface area contributed by atoms with Gasteiger partial charge in [0.05, 0.1) is 11.9 Å². The Labute approximate surface area is 117 Å². The molecular formula is C15H28N4. The van der Waals surface area contributed by atoms with E-state index in [1.54, 1.807) is 0 Å². The second-order valence-corrected chi connectivity index (χ2v) is 5.74. The third-order valence-electron chi connectivity index (χ3n) is 4.21. The minimum atomic E-state index is 0.652. The van der Waals surface area contributed by atoms with E-state index in [0.29, 0.717) is 5.92 Å². The highest BCUT2D eigenvalue weighted by Gasteiger charge is 2.28. The summed E-state index contributed by atoms with van der Waals surface area (Å²) in [6.07, 6.45) is 9.72. The molecule has 0 saturated heterocycles. The predicted octanol–water partition coefficient (Wildman–Crippen LogP) is 2.96. The van der Waals surface area contributed by atoms with Crippen LogP contribution in [-0.4, -0.2) is 28.1 Å². The summed E-state index contributed by atoms with van der Waals surface area (Å²) < 4.78 is 2.13. The fraction of sp³-hybridized carbons (Fsp3) is 0.867. The van der Waals surface area contributed by atoms with Gasteiger partial charge in [0.25, 0.3) is 0 Å². The van der Waals surface area contributed by atoms with Crippen LogP contribution in [0.25, 0.3) is 0 Å². The van der Waals surface area contributed by atoms with E-state index in [2.05, 4.69) is 34.2 Å². The summed E-state index contributed by atoms with van der Waals surface area (Å²) in [7, 11) is 0. The number of rotatable bonds is 7. The summed E-state index contributed by atoms with van der Waals surface area (Å²) in [4.78, 5) is 0. The number of hydrogen-bond acceptors (Lipinski definition) is 3. The van der Waals surface area contributed by atoms with Gasteiger partial charge in [0.2, 0.25) is 0 Å². The fourth-order valence-corrected chi connectivity index (χ4v) is 3.24. The summed E-state index contributed by atoms with van der Waals surface area (Å²) in [6.45, 7) is 7.71. The smallest absolute Gasteiger partial charge is 0.0728 e. The fourth-order valence-electron chi connectivity index (χ4n) is 3.24. The summed E-state index contributed by atoms with van der Waals surface area (Å²) in [5.74, 6) is 1.41. The van der Waals surface area contributed by atoms with Crippen LogP contribution in [0.5, 0.6) is 0 Å². The SMILES string of the molecule is CCCNCC1CCCCC1c1cnnn1CCC. The van der Waals surface area contributed by atoms with Gasteiger partial charge in [0, 0.05) is 12.5 Å². The lowest BCUT2D eigenvalue weighted by atomic mass is 9.77. The first kappa shape index (κ1) is 14.5. The van der Waals surface area contributed by atoms with E-state index < -0.39 is 0 Å². The van der Waals surface area contributed by atoms with Gasteiger partial charge in [-0.05, 0) is 44.7 Å². The highest BCUT2D eigenvalue weighted by atomic mass is 15.4. The lowest BCUT2D eigenvalue weighted by Crippen LogP contribution is -2.31. The molecule has 1 saturated carbocycles. The first-order valence-corrected chi connectivity index (χ1v) is 7.95. The van der Waals surface area contributed by atoms with Crippen LogP contribution in [0.4, 0.5) is 0 Å². The van der Waals surface area contributed by atoms with E-state index in [0.717, 1.165) is 32.0 Å². The molecule has 2 atom stereocenters. The molecule has 108 valence electrons. The topological polar surface area (TPSA) is 42.7 Å². The Morgan fingerprint density at radius 3 is 2.89 bits per heavy atom. The van der Waals surface area contributed by atoms with Crippen molar-refractivity contribution in [3.05, 3.63) is 11.9 Å². The van der Waals surface area contributed by atoms with E-state index in [1.807, 2.05) is 6.20 Å². The second kappa shape index (κ2) is 7.63. The van der Waals surface area contributed by atoms with Crippen LogP contribution in [0.15, 0.2) is 6.20 Å². The lowest BCUT2D eigenvalue weighted by molar-refractivity contribution is 0.283. The molecule has 1 aliphatic rings. The lowest BCUT2D eigenvalue weighted by Gasteiger charge is -2.31. The van der Waals surface area contributed by atoms with Crippen molar-refractivity contribution in [2.45, 2.75) is 64.8 Å². The standard InChI is InChI=1S/C15H28N4/c1-3-9-16-11-13-7-5-6-8-14(13)15-12-17-18-19(15)10-4-2/h12-14,16H,3-11H2,1-2H3. The van der Waals surface area contributed by atoms with Crippen molar-refractivity contribution < 1.29 is 0 Å². The molecule has 0 radical (unpaired) electrons. The number of hydrogen-bond donors (Lipinski definition) is 1. The molecule has 4 nitrogen and oxygen atoms in total. The maximum absolute atomic E-state index is 4.26. The van der Waals surface area contributed by atoms with Crippen molar-refractivity contribution in [3.63, 3.8) is 0 Å². The highest BCUT2D eigenvalue weighted by molar-refractivity contribution is 5.07. The van der Waals surface area contributed by atoms with Gasteiger partial charge in [-0.2, -0.15) is 0 Å². The molecule has 0 amide bonds. The molecule has 0 bridgehead atoms. The quantitative estimate of drug-likeness (QED) is 0.770. The van der Waals surface area contributed by atoms with E-state index in [1.165, 1.54) is 37.8 Å². The molecule has 1 N–H and O–H groups in total. The van der Waals surface area contributed by atoms with E-state index in [4.69, 9.17) is 0 Å². The Morgan fingerprint density at radius 1 is 1.26 bits per heavy atom. The van der Waals surface area contributed by atoms with Crippen LogP contribution in [0, 0.1) is 5.92 Å². The van der Waals surface area contributed by atoms with Gasteiger partial charge < -0.3 is 5.32 Å². The molecule has 1 aliphatic carbocycles. The van der Waals surface area contributed by atoms with Crippen molar-refractivity contribution in [3.8, 4) is 0 Å². The van der Waals surface area contributed by atoms with E-state index >= 15 is 0 Å². The van der Waals surface area contributed by atoms with Crippen LogP contribution in [0.3, 0.4) is 0 Å². The van der Waals surface area contributed by atoms with Crippen LogP contribution in [0.2, 0.25) is 0 Å². The molecule has 0 aromatic carbocycles. The summed E-state index contributed by atoms with van der Waals surface area (Å²) >= 11 is 0. The molecule has 1 heterocycles. The maximum atomic E-state index is 4.26. The van der Waals surface area contributed by atoms with Crippen LogP contribution < -0.4 is 5.32 Å². The monoisotopic (exact) mass is 264 g/mol.